The van der Waals surface area contributed by atoms with E-state index in [4.69, 9.17) is 4.74 Å². The predicted molar refractivity (Wildman–Crippen MR) is 103 cm³/mol. The van der Waals surface area contributed by atoms with Crippen LogP contribution in [0.5, 0.6) is 0 Å². The Bertz CT molecular complexity index is 555. The number of piperidine rings is 1. The van der Waals surface area contributed by atoms with Crippen LogP contribution in [-0.2, 0) is 11.3 Å². The Labute approximate surface area is 155 Å². The molecule has 3 heterocycles. The molecule has 3 rings (SSSR count). The molecular weight excluding hydrogens is 334 g/mol. The van der Waals surface area contributed by atoms with Crippen molar-refractivity contribution in [3.05, 3.63) is 15.6 Å². The van der Waals surface area contributed by atoms with Gasteiger partial charge in [-0.05, 0) is 39.0 Å². The summed E-state index contributed by atoms with van der Waals surface area (Å²) in [4.78, 5) is 12.8. The van der Waals surface area contributed by atoms with Crippen LogP contribution < -0.4 is 10.6 Å². The maximum Gasteiger partial charge on any atom is 0.191 e. The fraction of sp³-hybridized carbons (Fsp3) is 0.778. The lowest BCUT2D eigenvalue weighted by Gasteiger charge is -2.34. The molecule has 2 N–H and O–H groups in total. The Morgan fingerprint density at radius 2 is 2.12 bits per heavy atom. The second-order valence-electron chi connectivity index (χ2n) is 7.12. The summed E-state index contributed by atoms with van der Waals surface area (Å²) in [6, 6.07) is 0.502. The van der Waals surface area contributed by atoms with Gasteiger partial charge in [0.25, 0.3) is 0 Å². The van der Waals surface area contributed by atoms with E-state index in [1.54, 1.807) is 11.3 Å². The molecule has 1 unspecified atom stereocenters. The molecule has 1 aromatic rings. The molecule has 140 valence electrons. The minimum absolute atomic E-state index is 0.502. The van der Waals surface area contributed by atoms with E-state index in [-0.39, 0.29) is 0 Å². The zero-order valence-corrected chi connectivity index (χ0v) is 16.5. The monoisotopic (exact) mass is 365 g/mol. The maximum atomic E-state index is 5.49. The Morgan fingerprint density at radius 1 is 1.32 bits per heavy atom. The number of aryl methyl sites for hydroxylation is 2. The average molecular weight is 366 g/mol. The molecule has 25 heavy (non-hydrogen) atoms. The fourth-order valence-electron chi connectivity index (χ4n) is 3.51. The summed E-state index contributed by atoms with van der Waals surface area (Å²) in [5.41, 5.74) is 1.13. The van der Waals surface area contributed by atoms with Crippen molar-refractivity contribution in [2.75, 3.05) is 39.9 Å². The average Bonchev–Trinajstić information content (AvgIpc) is 3.23. The minimum Gasteiger partial charge on any atom is -0.381 e. The lowest BCUT2D eigenvalue weighted by Crippen LogP contribution is -2.49. The van der Waals surface area contributed by atoms with Gasteiger partial charge in [-0.2, -0.15) is 0 Å². The number of ether oxygens (including phenoxy) is 1. The van der Waals surface area contributed by atoms with Crippen LogP contribution in [0.4, 0.5) is 0 Å². The molecule has 0 spiro atoms. The summed E-state index contributed by atoms with van der Waals surface area (Å²) >= 11 is 1.75. The molecule has 0 aliphatic carbocycles. The first-order valence-corrected chi connectivity index (χ1v) is 10.2. The summed E-state index contributed by atoms with van der Waals surface area (Å²) in [7, 11) is 1.84. The van der Waals surface area contributed by atoms with Crippen LogP contribution in [-0.4, -0.2) is 61.8 Å². The van der Waals surface area contributed by atoms with Gasteiger partial charge in [0.05, 0.1) is 18.8 Å². The number of aliphatic imine (C=N–C) groups is 1. The summed E-state index contributed by atoms with van der Waals surface area (Å²) in [6.07, 6.45) is 3.57. The maximum absolute atomic E-state index is 5.49. The molecule has 1 aromatic heterocycles. The van der Waals surface area contributed by atoms with Crippen molar-refractivity contribution in [2.24, 2.45) is 10.9 Å². The Morgan fingerprint density at radius 3 is 2.72 bits per heavy atom. The first kappa shape index (κ1) is 18.6. The molecular formula is C18H31N5OS. The second-order valence-corrected chi connectivity index (χ2v) is 8.41. The Kier molecular flexibility index (Phi) is 6.67. The molecule has 6 nitrogen and oxygen atoms in total. The lowest BCUT2D eigenvalue weighted by molar-refractivity contribution is 0.150. The molecule has 0 radical (unpaired) electrons. The highest BCUT2D eigenvalue weighted by atomic mass is 32.1. The topological polar surface area (TPSA) is 61.8 Å². The standard InChI is InChI=1S/C18H31N5OS/c1-13-14(2)25-17(21-13)10-20-18(19-3)22-16-4-7-23(8-5-16)11-15-6-9-24-12-15/h15-16H,4-12H2,1-3H3,(H2,19,20,22). The quantitative estimate of drug-likeness (QED) is 0.617. The summed E-state index contributed by atoms with van der Waals surface area (Å²) < 4.78 is 5.49. The smallest absolute Gasteiger partial charge is 0.191 e. The predicted octanol–water partition coefficient (Wildman–Crippen LogP) is 1.93. The van der Waals surface area contributed by atoms with Crippen molar-refractivity contribution in [3.8, 4) is 0 Å². The van der Waals surface area contributed by atoms with Crippen LogP contribution in [0, 0.1) is 19.8 Å². The van der Waals surface area contributed by atoms with Gasteiger partial charge in [-0.25, -0.2) is 4.98 Å². The van der Waals surface area contributed by atoms with Gasteiger partial charge in [0.2, 0.25) is 0 Å². The molecule has 2 fully saturated rings. The number of guanidine groups is 1. The lowest BCUT2D eigenvalue weighted by atomic mass is 10.0. The number of nitrogens with one attached hydrogen (secondary N) is 2. The van der Waals surface area contributed by atoms with Gasteiger partial charge in [0.15, 0.2) is 5.96 Å². The third-order valence-electron chi connectivity index (χ3n) is 5.17. The van der Waals surface area contributed by atoms with Gasteiger partial charge in [-0.1, -0.05) is 0 Å². The van der Waals surface area contributed by atoms with E-state index in [2.05, 4.69) is 39.4 Å². The van der Waals surface area contributed by atoms with Gasteiger partial charge in [-0.3, -0.25) is 4.99 Å². The van der Waals surface area contributed by atoms with E-state index in [0.29, 0.717) is 6.04 Å². The molecule has 2 aliphatic heterocycles. The van der Waals surface area contributed by atoms with E-state index < -0.39 is 0 Å². The van der Waals surface area contributed by atoms with E-state index in [1.165, 1.54) is 30.7 Å². The highest BCUT2D eigenvalue weighted by molar-refractivity contribution is 7.11. The van der Waals surface area contributed by atoms with E-state index in [9.17, 15) is 0 Å². The van der Waals surface area contributed by atoms with Gasteiger partial charge < -0.3 is 20.3 Å². The molecule has 2 aliphatic rings. The van der Waals surface area contributed by atoms with Crippen molar-refractivity contribution in [3.63, 3.8) is 0 Å². The normalized spacial score (nSPS) is 23.2. The van der Waals surface area contributed by atoms with Crippen LogP contribution in [0.1, 0.15) is 34.8 Å². The SMILES string of the molecule is CN=C(NCc1nc(C)c(C)s1)NC1CCN(CC2CCOC2)CC1. The summed E-state index contributed by atoms with van der Waals surface area (Å²) in [6.45, 7) is 10.3. The highest BCUT2D eigenvalue weighted by Gasteiger charge is 2.24. The Hall–Kier alpha value is -1.18. The number of hydrogen-bond acceptors (Lipinski definition) is 5. The molecule has 0 bridgehead atoms. The second kappa shape index (κ2) is 8.96. The van der Waals surface area contributed by atoms with Crippen LogP contribution in [0.25, 0.3) is 0 Å². The molecule has 2 saturated heterocycles. The molecule has 1 atom stereocenters. The van der Waals surface area contributed by atoms with Crippen LogP contribution in [0.3, 0.4) is 0 Å². The van der Waals surface area contributed by atoms with Crippen LogP contribution >= 0.6 is 11.3 Å². The van der Waals surface area contributed by atoms with E-state index in [0.717, 1.165) is 55.4 Å². The fourth-order valence-corrected chi connectivity index (χ4v) is 4.39. The number of rotatable bonds is 5. The molecule has 0 aromatic carbocycles. The highest BCUT2D eigenvalue weighted by Crippen LogP contribution is 2.18. The number of likely N-dealkylation sites (tertiary alicyclic amines) is 1. The number of aromatic nitrogens is 1. The molecule has 7 heteroatoms. The van der Waals surface area contributed by atoms with Gasteiger partial charge in [-0.15, -0.1) is 11.3 Å². The van der Waals surface area contributed by atoms with E-state index in [1.807, 2.05) is 7.05 Å². The van der Waals surface area contributed by atoms with Crippen LogP contribution in [0.15, 0.2) is 4.99 Å². The van der Waals surface area contributed by atoms with Gasteiger partial charge in [0.1, 0.15) is 5.01 Å². The summed E-state index contributed by atoms with van der Waals surface area (Å²) in [5, 5.41) is 8.09. The van der Waals surface area contributed by atoms with Gasteiger partial charge >= 0.3 is 0 Å². The van der Waals surface area contributed by atoms with Crippen molar-refractivity contribution in [1.82, 2.24) is 20.5 Å². The van der Waals surface area contributed by atoms with Crippen LogP contribution in [0.2, 0.25) is 0 Å². The summed E-state index contributed by atoms with van der Waals surface area (Å²) in [5.74, 6) is 1.62. The third kappa shape index (κ3) is 5.39. The molecule has 0 saturated carbocycles. The van der Waals surface area contributed by atoms with Crippen molar-refractivity contribution >= 4 is 17.3 Å². The first-order chi connectivity index (χ1) is 12.1. The number of thiazole rings is 1. The molecule has 0 amide bonds. The minimum atomic E-state index is 0.502. The number of hydrogen-bond donors (Lipinski definition) is 2. The zero-order valence-electron chi connectivity index (χ0n) is 15.7. The Balaban J connectivity index is 1.39. The zero-order chi connectivity index (χ0) is 17.6. The van der Waals surface area contributed by atoms with Crippen molar-refractivity contribution in [2.45, 2.75) is 45.7 Å². The number of nitrogens with zero attached hydrogens (tertiary/aromatic N) is 3. The third-order valence-corrected chi connectivity index (χ3v) is 6.25. The first-order valence-electron chi connectivity index (χ1n) is 9.34. The van der Waals surface area contributed by atoms with Gasteiger partial charge in [0, 0.05) is 44.2 Å². The van der Waals surface area contributed by atoms with Crippen molar-refractivity contribution in [1.29, 1.82) is 0 Å². The van der Waals surface area contributed by atoms with Crippen molar-refractivity contribution < 1.29 is 4.74 Å². The largest absolute Gasteiger partial charge is 0.381 e. The van der Waals surface area contributed by atoms with E-state index >= 15 is 0 Å².